The fourth-order valence-electron chi connectivity index (χ4n) is 1.54. The first-order valence-corrected chi connectivity index (χ1v) is 6.16. The van der Waals surface area contributed by atoms with E-state index in [1.54, 1.807) is 6.07 Å². The van der Waals surface area contributed by atoms with Crippen molar-refractivity contribution in [1.82, 2.24) is 0 Å². The van der Waals surface area contributed by atoms with Crippen molar-refractivity contribution in [2.75, 3.05) is 0 Å². The number of hydrogen-bond donors (Lipinski definition) is 1. The van der Waals surface area contributed by atoms with Crippen molar-refractivity contribution in [3.63, 3.8) is 0 Å². The van der Waals surface area contributed by atoms with Gasteiger partial charge in [0.2, 0.25) is 0 Å². The number of alkyl halides is 3. The van der Waals surface area contributed by atoms with Crippen molar-refractivity contribution in [3.05, 3.63) is 29.3 Å². The molecule has 0 aliphatic rings. The van der Waals surface area contributed by atoms with Crippen LogP contribution in [0.15, 0.2) is 23.1 Å². The molecule has 0 heterocycles. The van der Waals surface area contributed by atoms with E-state index in [-0.39, 0.29) is 0 Å². The molecule has 0 aromatic heterocycles. The predicted octanol–water partition coefficient (Wildman–Crippen LogP) is 3.67. The van der Waals surface area contributed by atoms with Crippen molar-refractivity contribution in [2.24, 2.45) is 5.73 Å². The van der Waals surface area contributed by atoms with Crippen LogP contribution in [0.1, 0.15) is 18.1 Å². The van der Waals surface area contributed by atoms with E-state index < -0.39 is 17.5 Å². The molecule has 1 rings (SSSR count). The third-order valence-electron chi connectivity index (χ3n) is 2.38. The summed E-state index contributed by atoms with van der Waals surface area (Å²) in [6.07, 6.45) is -4.28. The van der Waals surface area contributed by atoms with Crippen molar-refractivity contribution in [1.29, 1.82) is 0 Å². The minimum Gasteiger partial charge on any atom is -0.327 e. The number of hydrogen-bond acceptors (Lipinski definition) is 2. The van der Waals surface area contributed by atoms with Crippen LogP contribution in [0.3, 0.4) is 0 Å². The second-order valence-electron chi connectivity index (χ2n) is 4.21. The standard InChI is InChI=1S/C12H16F3NS/c1-7-4-5-10(8(2)6-7)17-11(9(3)16)12(13,14)15/h4-6,9,11H,16H2,1-3H3. The molecule has 5 heteroatoms. The Kier molecular flexibility index (Phi) is 4.49. The normalized spacial score (nSPS) is 15.7. The molecule has 17 heavy (non-hydrogen) atoms. The fourth-order valence-corrected chi connectivity index (χ4v) is 2.55. The maximum Gasteiger partial charge on any atom is 0.402 e. The molecule has 0 saturated heterocycles. The zero-order valence-corrected chi connectivity index (χ0v) is 10.8. The van der Waals surface area contributed by atoms with Gasteiger partial charge < -0.3 is 5.73 Å². The van der Waals surface area contributed by atoms with E-state index in [0.29, 0.717) is 4.90 Å². The first-order chi connectivity index (χ1) is 7.71. The SMILES string of the molecule is Cc1ccc(SC(C(C)N)C(F)(F)F)c(C)c1. The fraction of sp³-hybridized carbons (Fsp3) is 0.500. The highest BCUT2D eigenvalue weighted by Gasteiger charge is 2.42. The Hall–Kier alpha value is -0.680. The lowest BCUT2D eigenvalue weighted by atomic mass is 10.2. The van der Waals surface area contributed by atoms with Gasteiger partial charge in [-0.2, -0.15) is 13.2 Å². The molecule has 0 amide bonds. The Balaban J connectivity index is 2.94. The quantitative estimate of drug-likeness (QED) is 0.842. The van der Waals surface area contributed by atoms with Crippen molar-refractivity contribution in [2.45, 2.75) is 43.1 Å². The molecule has 96 valence electrons. The van der Waals surface area contributed by atoms with Gasteiger partial charge in [0.15, 0.2) is 0 Å². The van der Waals surface area contributed by atoms with E-state index in [0.717, 1.165) is 22.9 Å². The van der Waals surface area contributed by atoms with Crippen molar-refractivity contribution in [3.8, 4) is 0 Å². The molecule has 0 spiro atoms. The third kappa shape index (κ3) is 3.92. The van der Waals surface area contributed by atoms with Gasteiger partial charge in [0.05, 0.1) is 0 Å². The number of halogens is 3. The number of rotatable bonds is 3. The number of nitrogens with two attached hydrogens (primary N) is 1. The predicted molar refractivity (Wildman–Crippen MR) is 65.3 cm³/mol. The lowest BCUT2D eigenvalue weighted by Gasteiger charge is -2.23. The van der Waals surface area contributed by atoms with Crippen LogP contribution < -0.4 is 5.73 Å². The number of benzene rings is 1. The minimum atomic E-state index is -4.28. The van der Waals surface area contributed by atoms with Crippen LogP contribution >= 0.6 is 11.8 Å². The van der Waals surface area contributed by atoms with E-state index in [1.807, 2.05) is 26.0 Å². The first-order valence-electron chi connectivity index (χ1n) is 5.28. The number of aryl methyl sites for hydroxylation is 2. The van der Waals surface area contributed by atoms with Crippen LogP contribution in [0.2, 0.25) is 0 Å². The van der Waals surface area contributed by atoms with Crippen LogP contribution in [0.5, 0.6) is 0 Å². The highest BCUT2D eigenvalue weighted by molar-refractivity contribution is 8.00. The lowest BCUT2D eigenvalue weighted by Crippen LogP contribution is -2.40. The number of thioether (sulfide) groups is 1. The van der Waals surface area contributed by atoms with Crippen LogP contribution in [0.25, 0.3) is 0 Å². The van der Waals surface area contributed by atoms with Gasteiger partial charge in [-0.15, -0.1) is 11.8 Å². The van der Waals surface area contributed by atoms with E-state index in [4.69, 9.17) is 5.73 Å². The molecule has 2 unspecified atom stereocenters. The van der Waals surface area contributed by atoms with Crippen LogP contribution in [-0.4, -0.2) is 17.5 Å². The Labute approximate surface area is 104 Å². The average Bonchev–Trinajstić information content (AvgIpc) is 2.13. The molecule has 1 aromatic carbocycles. The Bertz CT molecular complexity index is 388. The van der Waals surface area contributed by atoms with Crippen molar-refractivity contribution < 1.29 is 13.2 Å². The van der Waals surface area contributed by atoms with Crippen molar-refractivity contribution >= 4 is 11.8 Å². The second-order valence-corrected chi connectivity index (χ2v) is 5.39. The van der Waals surface area contributed by atoms with E-state index in [1.165, 1.54) is 6.92 Å². The Morgan fingerprint density at radius 1 is 1.24 bits per heavy atom. The first kappa shape index (κ1) is 14.4. The van der Waals surface area contributed by atoms with Crippen LogP contribution in [-0.2, 0) is 0 Å². The summed E-state index contributed by atoms with van der Waals surface area (Å²) >= 11 is 0.789. The van der Waals surface area contributed by atoms with Gasteiger partial charge in [-0.1, -0.05) is 17.7 Å². The maximum absolute atomic E-state index is 12.8. The molecule has 0 bridgehead atoms. The van der Waals surface area contributed by atoms with Gasteiger partial charge >= 0.3 is 6.18 Å². The molecule has 0 fully saturated rings. The average molecular weight is 263 g/mol. The van der Waals surface area contributed by atoms with Gasteiger partial charge in [-0.05, 0) is 32.4 Å². The summed E-state index contributed by atoms with van der Waals surface area (Å²) in [5.74, 6) is 0. The van der Waals surface area contributed by atoms with Crippen LogP contribution in [0, 0.1) is 13.8 Å². The van der Waals surface area contributed by atoms with E-state index in [9.17, 15) is 13.2 Å². The lowest BCUT2D eigenvalue weighted by molar-refractivity contribution is -0.131. The highest BCUT2D eigenvalue weighted by Crippen LogP contribution is 2.38. The largest absolute Gasteiger partial charge is 0.402 e. The van der Waals surface area contributed by atoms with Gasteiger partial charge in [-0.25, -0.2) is 0 Å². The zero-order valence-electron chi connectivity index (χ0n) is 10.0. The van der Waals surface area contributed by atoms with Gasteiger partial charge in [-0.3, -0.25) is 0 Å². The van der Waals surface area contributed by atoms with Crippen LogP contribution in [0.4, 0.5) is 13.2 Å². The Morgan fingerprint density at radius 3 is 2.24 bits per heavy atom. The molecule has 0 radical (unpaired) electrons. The molecule has 0 aliphatic carbocycles. The summed E-state index contributed by atoms with van der Waals surface area (Å²) in [5, 5.41) is -1.57. The van der Waals surface area contributed by atoms with Gasteiger partial charge in [0.25, 0.3) is 0 Å². The highest BCUT2D eigenvalue weighted by atomic mass is 32.2. The molecule has 0 aliphatic heterocycles. The Morgan fingerprint density at radius 2 is 1.82 bits per heavy atom. The maximum atomic E-state index is 12.8. The summed E-state index contributed by atoms with van der Waals surface area (Å²) in [5.41, 5.74) is 7.30. The second kappa shape index (κ2) is 5.31. The molecular formula is C12H16F3NS. The molecule has 2 N–H and O–H groups in total. The summed E-state index contributed by atoms with van der Waals surface area (Å²) in [7, 11) is 0. The topological polar surface area (TPSA) is 26.0 Å². The monoisotopic (exact) mass is 263 g/mol. The third-order valence-corrected chi connectivity index (χ3v) is 4.05. The molecule has 2 atom stereocenters. The molecule has 1 aromatic rings. The summed E-state index contributed by atoms with van der Waals surface area (Å²) < 4.78 is 38.3. The minimum absolute atomic E-state index is 0.634. The van der Waals surface area contributed by atoms with Gasteiger partial charge in [0, 0.05) is 10.9 Å². The molecular weight excluding hydrogens is 247 g/mol. The molecule has 0 saturated carbocycles. The van der Waals surface area contributed by atoms with Gasteiger partial charge in [0.1, 0.15) is 5.25 Å². The summed E-state index contributed by atoms with van der Waals surface area (Å²) in [4.78, 5) is 0.634. The smallest absolute Gasteiger partial charge is 0.327 e. The zero-order chi connectivity index (χ0) is 13.2. The van der Waals surface area contributed by atoms with E-state index in [2.05, 4.69) is 0 Å². The molecule has 1 nitrogen and oxygen atoms in total. The summed E-state index contributed by atoms with van der Waals surface area (Å²) in [6, 6.07) is 4.47. The summed E-state index contributed by atoms with van der Waals surface area (Å²) in [6.45, 7) is 5.10. The van der Waals surface area contributed by atoms with E-state index >= 15 is 0 Å².